The predicted molar refractivity (Wildman–Crippen MR) is 148 cm³/mol. The van der Waals surface area contributed by atoms with Crippen LogP contribution >= 0.6 is 0 Å². The highest BCUT2D eigenvalue weighted by Gasteiger charge is 2.66. The topological polar surface area (TPSA) is 83.7 Å². The monoisotopic (exact) mass is 531 g/mol. The van der Waals surface area contributed by atoms with Crippen molar-refractivity contribution in [2.45, 2.75) is 25.9 Å². The maximum atomic E-state index is 14.9. The van der Waals surface area contributed by atoms with Crippen LogP contribution in [-0.2, 0) is 16.9 Å². The summed E-state index contributed by atoms with van der Waals surface area (Å²) < 4.78 is 20.3. The van der Waals surface area contributed by atoms with E-state index in [2.05, 4.69) is 4.98 Å². The molecule has 8 heteroatoms. The molecule has 4 heterocycles. The van der Waals surface area contributed by atoms with Crippen LogP contribution in [0.25, 0.3) is 11.0 Å². The molecule has 1 atom stereocenters. The van der Waals surface area contributed by atoms with Crippen molar-refractivity contribution in [2.24, 2.45) is 0 Å². The Kier molecular flexibility index (Phi) is 5.06. The first-order chi connectivity index (χ1) is 19.3. The summed E-state index contributed by atoms with van der Waals surface area (Å²) in [7, 11) is 0. The summed E-state index contributed by atoms with van der Waals surface area (Å²) in [6.45, 7) is 4.03. The Hall–Kier alpha value is -5.11. The highest BCUT2D eigenvalue weighted by molar-refractivity contribution is 6.24. The minimum absolute atomic E-state index is 0.0487. The molecule has 2 aliphatic heterocycles. The van der Waals surface area contributed by atoms with Gasteiger partial charge in [-0.05, 0) is 61.4 Å². The minimum atomic E-state index is -1.89. The van der Waals surface area contributed by atoms with Crippen molar-refractivity contribution in [1.29, 1.82) is 0 Å². The summed E-state index contributed by atoms with van der Waals surface area (Å²) in [6, 6.07) is 21.9. The highest BCUT2D eigenvalue weighted by Crippen LogP contribution is 2.54. The fraction of sp³-hybridized carbons (Fsp3) is 0.125. The summed E-state index contributed by atoms with van der Waals surface area (Å²) >= 11 is 0. The average Bonchev–Trinajstić information content (AvgIpc) is 3.34. The van der Waals surface area contributed by atoms with Gasteiger partial charge in [0.05, 0.1) is 23.2 Å². The molecule has 196 valence electrons. The number of anilines is 2. The molecular formula is C32H22FN3O4. The zero-order valence-corrected chi connectivity index (χ0v) is 21.6. The van der Waals surface area contributed by atoms with Gasteiger partial charge in [0.1, 0.15) is 17.2 Å². The van der Waals surface area contributed by atoms with E-state index in [1.807, 2.05) is 38.1 Å². The molecule has 40 heavy (non-hydrogen) atoms. The lowest BCUT2D eigenvalue weighted by atomic mass is 9.84. The number of hydrogen-bond donors (Lipinski definition) is 0. The fourth-order valence-electron chi connectivity index (χ4n) is 5.97. The van der Waals surface area contributed by atoms with E-state index < -0.39 is 28.6 Å². The Morgan fingerprint density at radius 2 is 1.70 bits per heavy atom. The number of para-hydroxylation sites is 1. The number of amides is 2. The van der Waals surface area contributed by atoms with Crippen LogP contribution in [0, 0.1) is 19.7 Å². The molecule has 2 amide bonds. The smallest absolute Gasteiger partial charge is 0.297 e. The second kappa shape index (κ2) is 8.44. The Bertz CT molecular complexity index is 1970. The van der Waals surface area contributed by atoms with Crippen molar-refractivity contribution in [1.82, 2.24) is 4.98 Å². The number of hydrogen-bond acceptors (Lipinski definition) is 5. The summed E-state index contributed by atoms with van der Waals surface area (Å²) in [5.74, 6) is -1.85. The predicted octanol–water partition coefficient (Wildman–Crippen LogP) is 5.39. The van der Waals surface area contributed by atoms with E-state index in [4.69, 9.17) is 4.42 Å². The van der Waals surface area contributed by atoms with Crippen LogP contribution in [0.5, 0.6) is 0 Å². The van der Waals surface area contributed by atoms with Gasteiger partial charge in [0.25, 0.3) is 11.8 Å². The van der Waals surface area contributed by atoms with Gasteiger partial charge in [0, 0.05) is 11.8 Å². The molecule has 0 N–H and O–H groups in total. The largest absolute Gasteiger partial charge is 0.450 e. The van der Waals surface area contributed by atoms with Crippen LogP contribution in [0.4, 0.5) is 15.9 Å². The molecule has 7 nitrogen and oxygen atoms in total. The Labute approximate surface area is 228 Å². The van der Waals surface area contributed by atoms with Gasteiger partial charge in [-0.3, -0.25) is 19.3 Å². The molecule has 3 aromatic carbocycles. The van der Waals surface area contributed by atoms with Gasteiger partial charge in [-0.25, -0.2) is 9.37 Å². The van der Waals surface area contributed by atoms with E-state index in [0.29, 0.717) is 11.3 Å². The summed E-state index contributed by atoms with van der Waals surface area (Å²) in [5, 5.41) is -0.0487. The normalized spacial score (nSPS) is 17.7. The van der Waals surface area contributed by atoms with Crippen LogP contribution in [0.3, 0.4) is 0 Å². The first kappa shape index (κ1) is 24.0. The fourth-order valence-corrected chi connectivity index (χ4v) is 5.97. The Morgan fingerprint density at radius 1 is 0.900 bits per heavy atom. The molecular weight excluding hydrogens is 509 g/mol. The summed E-state index contributed by atoms with van der Waals surface area (Å²) in [4.78, 5) is 50.6. The van der Waals surface area contributed by atoms with Crippen LogP contribution in [-0.4, -0.2) is 16.8 Å². The molecule has 2 aromatic heterocycles. The van der Waals surface area contributed by atoms with Crippen LogP contribution in [0.15, 0.2) is 94.3 Å². The lowest BCUT2D eigenvalue weighted by Crippen LogP contribution is -2.54. The van der Waals surface area contributed by atoms with Gasteiger partial charge >= 0.3 is 0 Å². The molecule has 2 aliphatic rings. The zero-order valence-electron chi connectivity index (χ0n) is 21.6. The number of aromatic nitrogens is 1. The second-order valence-electron chi connectivity index (χ2n) is 10.2. The zero-order chi connectivity index (χ0) is 27.8. The molecule has 7 rings (SSSR count). The van der Waals surface area contributed by atoms with Crippen LogP contribution in [0.2, 0.25) is 0 Å². The molecule has 0 aliphatic carbocycles. The van der Waals surface area contributed by atoms with E-state index in [1.54, 1.807) is 47.5 Å². The quantitative estimate of drug-likeness (QED) is 0.312. The van der Waals surface area contributed by atoms with Crippen molar-refractivity contribution in [3.05, 3.63) is 135 Å². The van der Waals surface area contributed by atoms with Gasteiger partial charge < -0.3 is 9.32 Å². The molecule has 1 unspecified atom stereocenters. The van der Waals surface area contributed by atoms with Crippen molar-refractivity contribution in [2.75, 3.05) is 9.80 Å². The minimum Gasteiger partial charge on any atom is -0.450 e. The number of rotatable bonds is 3. The van der Waals surface area contributed by atoms with Crippen molar-refractivity contribution in [3.63, 3.8) is 0 Å². The molecule has 1 spiro atoms. The standard InChI is InChI=1S/C32H22FN3O4/c1-18-6-5-7-20(14-18)17-35-24-9-4-3-8-23(24)32(31(35)39)27-28(37)22-16-21(33)10-11-25(22)40-29(27)30(38)36(32)26-15-19(2)12-13-34-26/h3-16H,17H2,1-2H3. The number of aryl methyl sites for hydroxylation is 2. The van der Waals surface area contributed by atoms with Gasteiger partial charge in [0.2, 0.25) is 5.76 Å². The lowest BCUT2D eigenvalue weighted by molar-refractivity contribution is -0.121. The number of fused-ring (bicyclic) bond motifs is 5. The third kappa shape index (κ3) is 3.16. The van der Waals surface area contributed by atoms with Crippen molar-refractivity contribution >= 4 is 34.3 Å². The second-order valence-corrected chi connectivity index (χ2v) is 10.2. The number of nitrogens with zero attached hydrogens (tertiary/aromatic N) is 3. The number of pyridine rings is 1. The molecule has 0 fully saturated rings. The van der Waals surface area contributed by atoms with E-state index in [9.17, 15) is 18.8 Å². The third-order valence-corrected chi connectivity index (χ3v) is 7.64. The highest BCUT2D eigenvalue weighted by atomic mass is 19.1. The molecule has 0 saturated carbocycles. The Balaban J connectivity index is 1.57. The van der Waals surface area contributed by atoms with Crippen LogP contribution in [0.1, 0.15) is 38.4 Å². The average molecular weight is 532 g/mol. The number of carbonyl (C=O) groups excluding carboxylic acids is 2. The SMILES string of the molecule is Cc1cccc(CN2C(=O)C3(c4ccccc42)c2c(oc4ccc(F)cc4c2=O)C(=O)N3c2cc(C)ccn2)c1. The number of benzene rings is 3. The Morgan fingerprint density at radius 3 is 2.50 bits per heavy atom. The number of carbonyl (C=O) groups is 2. The van der Waals surface area contributed by atoms with Gasteiger partial charge in [-0.2, -0.15) is 0 Å². The maximum absolute atomic E-state index is 14.9. The van der Waals surface area contributed by atoms with Gasteiger partial charge in [-0.1, -0.05) is 48.0 Å². The molecule has 0 saturated heterocycles. The third-order valence-electron chi connectivity index (χ3n) is 7.64. The van der Waals surface area contributed by atoms with Crippen LogP contribution < -0.4 is 15.2 Å². The summed E-state index contributed by atoms with van der Waals surface area (Å²) in [6.07, 6.45) is 1.55. The number of halogens is 1. The molecule has 5 aromatic rings. The van der Waals surface area contributed by atoms with E-state index in [1.165, 1.54) is 11.0 Å². The van der Waals surface area contributed by atoms with Gasteiger partial charge in [-0.15, -0.1) is 0 Å². The molecule has 0 radical (unpaired) electrons. The first-order valence-corrected chi connectivity index (χ1v) is 12.8. The first-order valence-electron chi connectivity index (χ1n) is 12.8. The lowest BCUT2D eigenvalue weighted by Gasteiger charge is -2.33. The van der Waals surface area contributed by atoms with E-state index in [-0.39, 0.29) is 34.7 Å². The van der Waals surface area contributed by atoms with Crippen molar-refractivity contribution < 1.29 is 18.4 Å². The van der Waals surface area contributed by atoms with Crippen molar-refractivity contribution in [3.8, 4) is 0 Å². The van der Waals surface area contributed by atoms with Gasteiger partial charge in [0.15, 0.2) is 11.0 Å². The van der Waals surface area contributed by atoms with E-state index in [0.717, 1.165) is 28.8 Å². The molecule has 0 bridgehead atoms. The van der Waals surface area contributed by atoms with E-state index >= 15 is 0 Å². The maximum Gasteiger partial charge on any atom is 0.297 e. The summed E-state index contributed by atoms with van der Waals surface area (Å²) in [5.41, 5.74) is 1.13.